The first-order chi connectivity index (χ1) is 10.8. The Morgan fingerprint density at radius 2 is 0.909 bits per heavy atom. The van der Waals surface area contributed by atoms with Gasteiger partial charge < -0.3 is 0 Å². The van der Waals surface area contributed by atoms with Crippen molar-refractivity contribution in [3.8, 4) is 0 Å². The third kappa shape index (κ3) is 6.40. The van der Waals surface area contributed by atoms with Crippen molar-refractivity contribution < 1.29 is 0 Å². The highest BCUT2D eigenvalue weighted by molar-refractivity contribution is 7.62. The van der Waals surface area contributed by atoms with E-state index in [0.717, 1.165) is 11.3 Å². The Morgan fingerprint density at radius 3 is 1.23 bits per heavy atom. The molecule has 0 aromatic rings. The smallest absolute Gasteiger partial charge is 0.0209 e. The lowest BCUT2D eigenvalue weighted by Gasteiger charge is -2.35. The Labute approximate surface area is 143 Å². The average molecular weight is 342 g/mol. The Morgan fingerprint density at radius 1 is 0.545 bits per heavy atom. The summed E-state index contributed by atoms with van der Waals surface area (Å²) in [5.41, 5.74) is 2.32. The first-order valence-corrected chi connectivity index (χ1v) is 13.9. The van der Waals surface area contributed by atoms with Crippen LogP contribution in [0.5, 0.6) is 0 Å². The monoisotopic (exact) mass is 342 g/mol. The van der Waals surface area contributed by atoms with Crippen LogP contribution in [0, 0.1) is 0 Å². The first kappa shape index (κ1) is 19.2. The summed E-state index contributed by atoms with van der Waals surface area (Å²) in [6, 6.07) is 0. The molecule has 0 amide bonds. The molecule has 2 fully saturated rings. The van der Waals surface area contributed by atoms with Crippen molar-refractivity contribution in [2.45, 2.75) is 102 Å². The Bertz CT molecular complexity index is 239. The zero-order chi connectivity index (χ0) is 15.6. The first-order valence-electron chi connectivity index (χ1n) is 10.3. The zero-order valence-corrected chi connectivity index (χ0v) is 17.2. The summed E-state index contributed by atoms with van der Waals surface area (Å²) in [6.45, 7) is 4.85. The van der Waals surface area contributed by atoms with E-state index in [1.807, 2.05) is 0 Å². The summed E-state index contributed by atoms with van der Waals surface area (Å²) < 4.78 is 0. The number of hydrogen-bond donors (Lipinski definition) is 0. The summed E-state index contributed by atoms with van der Waals surface area (Å²) in [7, 11) is 0.746. The molecule has 2 unspecified atom stereocenters. The van der Waals surface area contributed by atoms with Gasteiger partial charge in [0.15, 0.2) is 0 Å². The van der Waals surface area contributed by atoms with E-state index in [1.54, 1.807) is 76.0 Å². The van der Waals surface area contributed by atoms with Crippen molar-refractivity contribution in [2.24, 2.45) is 0 Å². The molecule has 2 aliphatic carbocycles. The Hall–Kier alpha value is 0.860. The molecule has 2 saturated carbocycles. The molecule has 0 spiro atoms. The molecule has 0 nitrogen and oxygen atoms in total. The van der Waals surface area contributed by atoms with Gasteiger partial charge in [0.2, 0.25) is 0 Å². The van der Waals surface area contributed by atoms with E-state index in [-0.39, 0.29) is 0 Å². The van der Waals surface area contributed by atoms with Gasteiger partial charge in [-0.3, -0.25) is 0 Å². The highest BCUT2D eigenvalue weighted by Crippen LogP contribution is 2.54. The SMILES string of the molecule is CCCP(CCP(CCC)C1CCCCC1)C1CCCCC1. The summed E-state index contributed by atoms with van der Waals surface area (Å²) in [5.74, 6) is 0. The van der Waals surface area contributed by atoms with Crippen LogP contribution >= 0.6 is 15.8 Å². The van der Waals surface area contributed by atoms with E-state index < -0.39 is 0 Å². The maximum Gasteiger partial charge on any atom is -0.0209 e. The normalized spacial score (nSPS) is 24.3. The van der Waals surface area contributed by atoms with Gasteiger partial charge in [0.1, 0.15) is 0 Å². The van der Waals surface area contributed by atoms with Gasteiger partial charge in [0.05, 0.1) is 0 Å². The molecule has 0 aromatic heterocycles. The van der Waals surface area contributed by atoms with Crippen LogP contribution in [-0.2, 0) is 0 Å². The topological polar surface area (TPSA) is 0 Å². The fourth-order valence-electron chi connectivity index (χ4n) is 4.68. The minimum Gasteiger partial charge on any atom is -0.103 e. The molecule has 22 heavy (non-hydrogen) atoms. The van der Waals surface area contributed by atoms with Crippen molar-refractivity contribution in [1.29, 1.82) is 0 Å². The minimum absolute atomic E-state index is 0.373. The molecule has 2 atom stereocenters. The minimum atomic E-state index is 0.373. The van der Waals surface area contributed by atoms with Gasteiger partial charge in [-0.2, -0.15) is 0 Å². The lowest BCUT2D eigenvalue weighted by Crippen LogP contribution is -2.18. The largest absolute Gasteiger partial charge is 0.103 e. The second-order valence-electron chi connectivity index (χ2n) is 7.66. The molecule has 0 heterocycles. The van der Waals surface area contributed by atoms with Gasteiger partial charge in [-0.05, 0) is 61.6 Å². The van der Waals surface area contributed by atoms with Gasteiger partial charge in [-0.1, -0.05) is 65.2 Å². The van der Waals surface area contributed by atoms with Crippen LogP contribution < -0.4 is 0 Å². The Balaban J connectivity index is 1.83. The van der Waals surface area contributed by atoms with Crippen LogP contribution in [-0.4, -0.2) is 36.0 Å². The van der Waals surface area contributed by atoms with E-state index in [1.165, 1.54) is 25.7 Å². The maximum atomic E-state index is 2.42. The molecule has 2 rings (SSSR count). The van der Waals surface area contributed by atoms with Crippen molar-refractivity contribution in [3.05, 3.63) is 0 Å². The summed E-state index contributed by atoms with van der Waals surface area (Å²) in [6.07, 6.45) is 24.9. The molecule has 0 aliphatic heterocycles. The predicted molar refractivity (Wildman–Crippen MR) is 108 cm³/mol. The van der Waals surface area contributed by atoms with Crippen LogP contribution in [0.15, 0.2) is 0 Å². The van der Waals surface area contributed by atoms with Crippen molar-refractivity contribution in [3.63, 3.8) is 0 Å². The molecule has 0 radical (unpaired) electrons. The van der Waals surface area contributed by atoms with Gasteiger partial charge >= 0.3 is 0 Å². The molecule has 130 valence electrons. The van der Waals surface area contributed by atoms with Crippen LogP contribution in [0.4, 0.5) is 0 Å². The van der Waals surface area contributed by atoms with Crippen molar-refractivity contribution in [1.82, 2.24) is 0 Å². The van der Waals surface area contributed by atoms with Gasteiger partial charge in [0, 0.05) is 0 Å². The van der Waals surface area contributed by atoms with Gasteiger partial charge in [-0.15, -0.1) is 15.8 Å². The lowest BCUT2D eigenvalue weighted by atomic mass is 10.0. The van der Waals surface area contributed by atoms with E-state index >= 15 is 0 Å². The molecular formula is C20H40P2. The summed E-state index contributed by atoms with van der Waals surface area (Å²) in [4.78, 5) is 0. The average Bonchev–Trinajstić information content (AvgIpc) is 2.59. The third-order valence-corrected chi connectivity index (χ3v) is 13.0. The number of rotatable bonds is 9. The quantitative estimate of drug-likeness (QED) is 0.382. The molecule has 2 heteroatoms. The fraction of sp³-hybridized carbons (Fsp3) is 1.00. The molecule has 0 N–H and O–H groups in total. The zero-order valence-electron chi connectivity index (χ0n) is 15.4. The molecule has 2 aliphatic rings. The third-order valence-electron chi connectivity index (χ3n) is 5.88. The van der Waals surface area contributed by atoms with E-state index in [4.69, 9.17) is 0 Å². The molecule has 0 bridgehead atoms. The highest BCUT2D eigenvalue weighted by atomic mass is 31.1. The molecular weight excluding hydrogens is 302 g/mol. The standard InChI is InChI=1S/C20H40P2/c1-3-15-21(19-11-7-5-8-12-19)17-18-22(16-4-2)20-13-9-6-10-14-20/h19-20H,3-18H2,1-2H3. The van der Waals surface area contributed by atoms with Crippen LogP contribution in [0.25, 0.3) is 0 Å². The number of hydrogen-bond acceptors (Lipinski definition) is 0. The van der Waals surface area contributed by atoms with E-state index in [2.05, 4.69) is 13.8 Å². The summed E-state index contributed by atoms with van der Waals surface area (Å²) >= 11 is 0. The van der Waals surface area contributed by atoms with Crippen molar-refractivity contribution >= 4 is 15.8 Å². The van der Waals surface area contributed by atoms with Gasteiger partial charge in [-0.25, -0.2) is 0 Å². The van der Waals surface area contributed by atoms with Crippen LogP contribution in [0.2, 0.25) is 0 Å². The van der Waals surface area contributed by atoms with Crippen LogP contribution in [0.1, 0.15) is 90.9 Å². The van der Waals surface area contributed by atoms with Gasteiger partial charge in [0.25, 0.3) is 0 Å². The highest BCUT2D eigenvalue weighted by Gasteiger charge is 2.26. The van der Waals surface area contributed by atoms with Crippen LogP contribution in [0.3, 0.4) is 0 Å². The molecule has 0 saturated heterocycles. The Kier molecular flexibility index (Phi) is 9.96. The maximum absolute atomic E-state index is 2.42. The van der Waals surface area contributed by atoms with E-state index in [9.17, 15) is 0 Å². The predicted octanol–water partition coefficient (Wildman–Crippen LogP) is 7.44. The fourth-order valence-corrected chi connectivity index (χ4v) is 12.0. The molecule has 0 aromatic carbocycles. The second kappa shape index (κ2) is 11.4. The lowest BCUT2D eigenvalue weighted by molar-refractivity contribution is 0.509. The van der Waals surface area contributed by atoms with E-state index in [0.29, 0.717) is 15.8 Å². The van der Waals surface area contributed by atoms with Crippen molar-refractivity contribution in [2.75, 3.05) is 24.6 Å². The summed E-state index contributed by atoms with van der Waals surface area (Å²) in [5, 5.41) is 0. The second-order valence-corrected chi connectivity index (χ2v) is 13.3.